The zero-order chi connectivity index (χ0) is 18.3. The summed E-state index contributed by atoms with van der Waals surface area (Å²) in [5, 5.41) is 14.1. The van der Waals surface area contributed by atoms with E-state index in [2.05, 4.69) is 10.3 Å². The summed E-state index contributed by atoms with van der Waals surface area (Å²) >= 11 is 2.01. The van der Waals surface area contributed by atoms with E-state index in [0.29, 0.717) is 16.7 Å². The van der Waals surface area contributed by atoms with Crippen molar-refractivity contribution in [3.63, 3.8) is 0 Å². The Morgan fingerprint density at radius 1 is 1.42 bits per heavy atom. The summed E-state index contributed by atoms with van der Waals surface area (Å²) in [7, 11) is 0. The van der Waals surface area contributed by atoms with E-state index >= 15 is 0 Å². The van der Waals surface area contributed by atoms with Gasteiger partial charge in [-0.2, -0.15) is 0 Å². The number of carbonyl (C=O) groups excluding carboxylic acids is 1. The van der Waals surface area contributed by atoms with Crippen LogP contribution in [0.4, 0.5) is 15.8 Å². The predicted octanol–water partition coefficient (Wildman–Crippen LogP) is 3.06. The number of hydrogen-bond acceptors (Lipinski definition) is 6. The van der Waals surface area contributed by atoms with Gasteiger partial charge in [-0.05, 0) is 46.9 Å². The molecule has 1 aliphatic rings. The van der Waals surface area contributed by atoms with E-state index in [1.54, 1.807) is 18.2 Å². The molecule has 7 nitrogen and oxygen atoms in total. The number of nitrogens with zero attached hydrogens (tertiary/aromatic N) is 2. The van der Waals surface area contributed by atoms with E-state index in [9.17, 15) is 14.3 Å². The minimum atomic E-state index is -0.755. The highest BCUT2D eigenvalue weighted by Gasteiger charge is 2.32. The number of carbonyl (C=O) groups is 1. The topological polar surface area (TPSA) is 87.8 Å². The third kappa shape index (κ3) is 3.13. The molecule has 1 amide bonds. The van der Waals surface area contributed by atoms with Crippen molar-refractivity contribution in [3.05, 3.63) is 51.8 Å². The van der Waals surface area contributed by atoms with E-state index in [4.69, 9.17) is 9.25 Å². The Morgan fingerprint density at radius 2 is 2.27 bits per heavy atom. The number of furan rings is 1. The van der Waals surface area contributed by atoms with Gasteiger partial charge in [0, 0.05) is 16.0 Å². The molecular formula is C17H13FIN3O4. The van der Waals surface area contributed by atoms with Crippen LogP contribution in [-0.2, 0) is 4.84 Å². The van der Waals surface area contributed by atoms with Crippen molar-refractivity contribution in [1.29, 1.82) is 0 Å². The summed E-state index contributed by atoms with van der Waals surface area (Å²) in [5.41, 5.74) is 0.924. The zero-order valence-corrected chi connectivity index (χ0v) is 15.4. The first-order chi connectivity index (χ1) is 12.5. The lowest BCUT2D eigenvalue weighted by molar-refractivity contribution is -0.0793. The highest BCUT2D eigenvalue weighted by Crippen LogP contribution is 2.34. The van der Waals surface area contributed by atoms with Crippen LogP contribution in [0.15, 0.2) is 41.1 Å². The van der Waals surface area contributed by atoms with Crippen molar-refractivity contribution in [2.45, 2.75) is 6.10 Å². The molecule has 1 aromatic carbocycles. The van der Waals surface area contributed by atoms with Crippen molar-refractivity contribution >= 4 is 50.8 Å². The quantitative estimate of drug-likeness (QED) is 0.574. The Morgan fingerprint density at radius 3 is 3.00 bits per heavy atom. The Bertz CT molecular complexity index is 993. The number of benzene rings is 1. The van der Waals surface area contributed by atoms with Crippen molar-refractivity contribution in [1.82, 2.24) is 10.0 Å². The number of rotatable bonds is 3. The van der Waals surface area contributed by atoms with Crippen LogP contribution in [0.25, 0.3) is 11.0 Å². The summed E-state index contributed by atoms with van der Waals surface area (Å²) in [6, 6.07) is 6.32. The van der Waals surface area contributed by atoms with E-state index in [-0.39, 0.29) is 24.6 Å². The maximum Gasteiger partial charge on any atom is 0.315 e. The second-order valence-electron chi connectivity index (χ2n) is 5.74. The van der Waals surface area contributed by atoms with Crippen LogP contribution in [0.5, 0.6) is 0 Å². The van der Waals surface area contributed by atoms with Gasteiger partial charge >= 0.3 is 5.91 Å². The number of nitrogens with one attached hydrogen (secondary N) is 1. The average molecular weight is 469 g/mol. The number of pyridine rings is 1. The number of fused-ring (bicyclic) bond motifs is 1. The van der Waals surface area contributed by atoms with Crippen LogP contribution in [0.3, 0.4) is 0 Å². The minimum absolute atomic E-state index is 0.0298. The molecular weight excluding hydrogens is 456 g/mol. The lowest BCUT2D eigenvalue weighted by Crippen LogP contribution is -2.28. The van der Waals surface area contributed by atoms with Crippen molar-refractivity contribution in [3.8, 4) is 0 Å². The van der Waals surface area contributed by atoms with Gasteiger partial charge < -0.3 is 14.8 Å². The standard InChI is InChI=1S/C17H13FIN3O4/c18-12-5-9(19)1-2-13(12)21-15-11-6-20-4-3-14(11)26-16(15)17(24)22-7-10(23)8-25-22/h1-6,10,21,23H,7-8H2. The monoisotopic (exact) mass is 469 g/mol. The predicted molar refractivity (Wildman–Crippen MR) is 99.4 cm³/mol. The fourth-order valence-electron chi connectivity index (χ4n) is 2.67. The van der Waals surface area contributed by atoms with Gasteiger partial charge in [0.25, 0.3) is 0 Å². The number of halogens is 2. The Kier molecular flexibility index (Phi) is 4.51. The molecule has 134 valence electrons. The van der Waals surface area contributed by atoms with Gasteiger partial charge in [-0.25, -0.2) is 9.45 Å². The first-order valence-electron chi connectivity index (χ1n) is 7.74. The smallest absolute Gasteiger partial charge is 0.315 e. The number of β-amino-alcohol motifs (C(OH)–C–C–N with tert-alkyl or cyclic N) is 1. The number of hydroxylamine groups is 2. The van der Waals surface area contributed by atoms with E-state index in [1.165, 1.54) is 18.5 Å². The molecule has 1 atom stereocenters. The third-order valence-electron chi connectivity index (χ3n) is 3.90. The van der Waals surface area contributed by atoms with Gasteiger partial charge in [0.2, 0.25) is 5.76 Å². The van der Waals surface area contributed by atoms with E-state index < -0.39 is 17.8 Å². The van der Waals surface area contributed by atoms with Crippen LogP contribution in [0.1, 0.15) is 10.6 Å². The molecule has 2 N–H and O–H groups in total. The molecule has 3 aromatic rings. The second-order valence-corrected chi connectivity index (χ2v) is 6.99. The molecule has 0 spiro atoms. The van der Waals surface area contributed by atoms with E-state index in [1.807, 2.05) is 22.6 Å². The van der Waals surface area contributed by atoms with Gasteiger partial charge in [-0.15, -0.1) is 0 Å². The fraction of sp³-hybridized carbons (Fsp3) is 0.176. The van der Waals surface area contributed by atoms with Crippen LogP contribution in [0, 0.1) is 9.39 Å². The molecule has 1 aliphatic heterocycles. The molecule has 9 heteroatoms. The van der Waals surface area contributed by atoms with Gasteiger partial charge in [0.15, 0.2) is 0 Å². The van der Waals surface area contributed by atoms with Crippen LogP contribution in [-0.4, -0.2) is 40.3 Å². The number of aliphatic hydroxyl groups is 1. The molecule has 3 heterocycles. The highest BCUT2D eigenvalue weighted by atomic mass is 127. The fourth-order valence-corrected chi connectivity index (χ4v) is 3.12. The summed E-state index contributed by atoms with van der Waals surface area (Å²) < 4.78 is 20.7. The summed E-state index contributed by atoms with van der Waals surface area (Å²) in [6.07, 6.45) is 2.31. The molecule has 0 radical (unpaired) electrons. The zero-order valence-electron chi connectivity index (χ0n) is 13.3. The van der Waals surface area contributed by atoms with Gasteiger partial charge in [-0.3, -0.25) is 14.6 Å². The van der Waals surface area contributed by atoms with Crippen molar-refractivity contribution < 1.29 is 23.5 Å². The summed E-state index contributed by atoms with van der Waals surface area (Å²) in [5.74, 6) is -1.06. The lowest BCUT2D eigenvalue weighted by atomic mass is 10.2. The first-order valence-corrected chi connectivity index (χ1v) is 8.82. The molecule has 1 saturated heterocycles. The molecule has 4 rings (SSSR count). The minimum Gasteiger partial charge on any atom is -0.448 e. The first kappa shape index (κ1) is 17.2. The highest BCUT2D eigenvalue weighted by molar-refractivity contribution is 14.1. The summed E-state index contributed by atoms with van der Waals surface area (Å²) in [4.78, 5) is 22.0. The SMILES string of the molecule is O=C(c1oc2ccncc2c1Nc1ccc(I)cc1F)N1CC(O)CO1. The molecule has 1 fully saturated rings. The molecule has 1 unspecified atom stereocenters. The molecule has 0 aliphatic carbocycles. The molecule has 0 bridgehead atoms. The van der Waals surface area contributed by atoms with Crippen LogP contribution >= 0.6 is 22.6 Å². The number of aromatic nitrogens is 1. The Labute approximate surface area is 160 Å². The Balaban J connectivity index is 1.78. The van der Waals surface area contributed by atoms with Crippen LogP contribution < -0.4 is 5.32 Å². The molecule has 2 aromatic heterocycles. The van der Waals surface area contributed by atoms with Crippen molar-refractivity contribution in [2.24, 2.45) is 0 Å². The normalized spacial score (nSPS) is 17.0. The number of amides is 1. The van der Waals surface area contributed by atoms with Gasteiger partial charge in [0.05, 0.1) is 17.6 Å². The lowest BCUT2D eigenvalue weighted by Gasteiger charge is -2.14. The maximum atomic E-state index is 14.3. The number of anilines is 2. The molecule has 0 saturated carbocycles. The maximum absolute atomic E-state index is 14.3. The second kappa shape index (κ2) is 6.82. The van der Waals surface area contributed by atoms with E-state index in [0.717, 1.165) is 8.63 Å². The van der Waals surface area contributed by atoms with Crippen molar-refractivity contribution in [2.75, 3.05) is 18.5 Å². The molecule has 26 heavy (non-hydrogen) atoms. The Hall–Kier alpha value is -2.24. The van der Waals surface area contributed by atoms with Crippen LogP contribution in [0.2, 0.25) is 0 Å². The third-order valence-corrected chi connectivity index (χ3v) is 4.57. The van der Waals surface area contributed by atoms with Gasteiger partial charge in [0.1, 0.15) is 29.8 Å². The summed E-state index contributed by atoms with van der Waals surface area (Å²) in [6.45, 7) is 0.0630. The largest absolute Gasteiger partial charge is 0.448 e. The average Bonchev–Trinajstić information content (AvgIpc) is 3.21. The number of aliphatic hydroxyl groups excluding tert-OH is 1. The number of hydrogen-bond donors (Lipinski definition) is 2. The van der Waals surface area contributed by atoms with Gasteiger partial charge in [-0.1, -0.05) is 0 Å².